The third-order valence-electron chi connectivity index (χ3n) is 14.2. The minimum absolute atomic E-state index is 0.112. The van der Waals surface area contributed by atoms with Gasteiger partial charge in [-0.2, -0.15) is 5.10 Å². The highest BCUT2D eigenvalue weighted by molar-refractivity contribution is 6.23. The molecule has 7 heterocycles. The van der Waals surface area contributed by atoms with Gasteiger partial charge in [-0.15, -0.1) is 0 Å². The van der Waals surface area contributed by atoms with Crippen molar-refractivity contribution in [3.05, 3.63) is 95.8 Å². The van der Waals surface area contributed by atoms with E-state index in [0.29, 0.717) is 22.9 Å². The number of ether oxygens (including phenoxy) is 1. The average Bonchev–Trinajstić information content (AvgIpc) is 3.83. The maximum absolute atomic E-state index is 13.4. The summed E-state index contributed by atoms with van der Waals surface area (Å²) in [6.45, 7) is 9.78. The van der Waals surface area contributed by atoms with E-state index in [1.54, 1.807) is 6.07 Å². The normalized spacial score (nSPS) is 21.2. The van der Waals surface area contributed by atoms with Gasteiger partial charge in [-0.1, -0.05) is 24.3 Å². The number of nitrogens with zero attached hydrogens (tertiary/aromatic N) is 8. The Morgan fingerprint density at radius 2 is 1.38 bits per heavy atom. The zero-order valence-corrected chi connectivity index (χ0v) is 36.2. The first-order valence-electron chi connectivity index (χ1n) is 23.1. The number of carbonyl (C=O) groups excluding carboxylic acids is 4. The lowest BCUT2D eigenvalue weighted by Crippen LogP contribution is -2.54. The van der Waals surface area contributed by atoms with Crippen molar-refractivity contribution in [1.82, 2.24) is 44.7 Å². The van der Waals surface area contributed by atoms with Gasteiger partial charge < -0.3 is 25.2 Å². The van der Waals surface area contributed by atoms with Crippen LogP contribution in [0, 0.1) is 5.92 Å². The average molecular weight is 865 g/mol. The number of para-hydroxylation sites is 1. The van der Waals surface area contributed by atoms with E-state index >= 15 is 0 Å². The number of nitrogens with one attached hydrogen (secondary N) is 1. The number of fused-ring (bicyclic) bond motifs is 2. The fourth-order valence-electron chi connectivity index (χ4n) is 10.6. The first-order chi connectivity index (χ1) is 31.3. The molecule has 2 aromatic heterocycles. The highest BCUT2D eigenvalue weighted by atomic mass is 16.5. The number of anilines is 1. The molecule has 0 spiro atoms. The summed E-state index contributed by atoms with van der Waals surface area (Å²) in [5, 5.41) is 8.20. The van der Waals surface area contributed by atoms with Gasteiger partial charge in [-0.05, 0) is 157 Å². The second kappa shape index (κ2) is 18.2. The molecule has 64 heavy (non-hydrogen) atoms. The number of imide groups is 2. The number of nitrogens with two attached hydrogens (primary N) is 1. The van der Waals surface area contributed by atoms with Crippen molar-refractivity contribution in [2.45, 2.75) is 75.8 Å². The molecule has 0 bridgehead atoms. The first kappa shape index (κ1) is 42.0. The summed E-state index contributed by atoms with van der Waals surface area (Å²) in [6.07, 6.45) is 9.48. The first-order valence-corrected chi connectivity index (χ1v) is 23.1. The molecule has 5 aromatic rings. The van der Waals surface area contributed by atoms with Crippen molar-refractivity contribution < 1.29 is 23.9 Å². The Labute approximate surface area is 372 Å². The highest BCUT2D eigenvalue weighted by Crippen LogP contribution is 2.37. The second-order valence-electron chi connectivity index (χ2n) is 18.2. The van der Waals surface area contributed by atoms with Gasteiger partial charge in [0, 0.05) is 31.6 Å². The summed E-state index contributed by atoms with van der Waals surface area (Å²) in [7, 11) is 0. The smallest absolute Gasteiger partial charge is 0.262 e. The molecule has 15 nitrogen and oxygen atoms in total. The Kier molecular flexibility index (Phi) is 11.9. The van der Waals surface area contributed by atoms with Crippen LogP contribution in [0.15, 0.2) is 79.1 Å². The summed E-state index contributed by atoms with van der Waals surface area (Å²) >= 11 is 0. The van der Waals surface area contributed by atoms with Crippen molar-refractivity contribution in [3.8, 4) is 22.8 Å². The molecule has 5 aliphatic rings. The lowest BCUT2D eigenvalue weighted by Gasteiger charge is -2.38. The van der Waals surface area contributed by atoms with Gasteiger partial charge in [0.05, 0.1) is 22.6 Å². The third kappa shape index (κ3) is 8.63. The zero-order valence-electron chi connectivity index (χ0n) is 36.2. The topological polar surface area (TPSA) is 172 Å². The van der Waals surface area contributed by atoms with Crippen LogP contribution in [0.2, 0.25) is 0 Å². The third-order valence-corrected chi connectivity index (χ3v) is 14.2. The number of benzene rings is 3. The lowest BCUT2D eigenvalue weighted by molar-refractivity contribution is -0.136. The van der Waals surface area contributed by atoms with Crippen LogP contribution in [0.25, 0.3) is 22.3 Å². The maximum atomic E-state index is 13.4. The number of amides is 4. The number of rotatable bonds is 12. The summed E-state index contributed by atoms with van der Waals surface area (Å²) in [5.41, 5.74) is 10.8. The predicted octanol–water partition coefficient (Wildman–Crippen LogP) is 5.89. The summed E-state index contributed by atoms with van der Waals surface area (Å²) < 4.78 is 8.12. The van der Waals surface area contributed by atoms with E-state index in [0.717, 1.165) is 141 Å². The highest BCUT2D eigenvalue weighted by Gasteiger charge is 2.45. The molecule has 10 rings (SSSR count). The lowest BCUT2D eigenvalue weighted by atomic mass is 9.87. The van der Waals surface area contributed by atoms with Crippen LogP contribution < -0.4 is 15.8 Å². The molecule has 332 valence electrons. The van der Waals surface area contributed by atoms with Crippen molar-refractivity contribution in [2.75, 3.05) is 64.6 Å². The molecule has 15 heteroatoms. The Bertz CT molecular complexity index is 2520. The summed E-state index contributed by atoms with van der Waals surface area (Å²) in [4.78, 5) is 68.5. The predicted molar refractivity (Wildman–Crippen MR) is 242 cm³/mol. The number of hydrogen-bond acceptors (Lipinski definition) is 12. The molecule has 4 amide bonds. The van der Waals surface area contributed by atoms with Crippen LogP contribution in [0.4, 0.5) is 5.82 Å². The van der Waals surface area contributed by atoms with E-state index in [4.69, 9.17) is 15.6 Å². The van der Waals surface area contributed by atoms with Crippen molar-refractivity contribution >= 4 is 40.5 Å². The van der Waals surface area contributed by atoms with Gasteiger partial charge in [0.1, 0.15) is 35.4 Å². The van der Waals surface area contributed by atoms with Crippen molar-refractivity contribution in [2.24, 2.45) is 5.92 Å². The Balaban J connectivity index is 0.651. The summed E-state index contributed by atoms with van der Waals surface area (Å²) in [6, 6.07) is 22.6. The fraction of sp³-hybridized carbons (Fsp3) is 0.449. The van der Waals surface area contributed by atoms with Gasteiger partial charge in [0.2, 0.25) is 11.8 Å². The Hall–Kier alpha value is -6.03. The van der Waals surface area contributed by atoms with Gasteiger partial charge >= 0.3 is 0 Å². The number of likely N-dealkylation sites (tertiary alicyclic amines) is 3. The van der Waals surface area contributed by atoms with E-state index in [2.05, 4.69) is 34.7 Å². The monoisotopic (exact) mass is 864 g/mol. The van der Waals surface area contributed by atoms with Gasteiger partial charge in [0.15, 0.2) is 5.65 Å². The molecule has 0 aliphatic carbocycles. The SMILES string of the molecule is Nc1ncnc2c1c(-c1ccc(Oc3ccccc3)cc1)nn2C1CCN(CC2CCN(CCCN3CCC(c4ccc5c(c4)C(=O)N(C4CCC(=O)NC4=O)C5=O)CC3)CC2)CC1. The minimum Gasteiger partial charge on any atom is -0.457 e. The van der Waals surface area contributed by atoms with Gasteiger partial charge in [-0.25, -0.2) is 14.6 Å². The van der Waals surface area contributed by atoms with Crippen LogP contribution in [0.1, 0.15) is 96.0 Å². The van der Waals surface area contributed by atoms with Crippen LogP contribution in [0.5, 0.6) is 11.5 Å². The zero-order chi connectivity index (χ0) is 43.7. The van der Waals surface area contributed by atoms with E-state index in [-0.39, 0.29) is 24.8 Å². The number of hydrogen-bond donors (Lipinski definition) is 2. The fourth-order valence-corrected chi connectivity index (χ4v) is 10.6. The molecule has 1 unspecified atom stereocenters. The van der Waals surface area contributed by atoms with E-state index < -0.39 is 23.8 Å². The molecular weight excluding hydrogens is 809 g/mol. The maximum Gasteiger partial charge on any atom is 0.262 e. The van der Waals surface area contributed by atoms with E-state index in [9.17, 15) is 19.2 Å². The standard InChI is InChI=1S/C49H56N10O5/c50-45-43-44(34-7-10-38(11-8-34)64-37-5-2-1-3-6-37)54-59(46(43)52-31-51-45)36-19-27-57(28-20-36)30-32-15-23-55(24-16-32)21-4-22-56-25-17-33(18-26-56)35-9-12-39-40(29-35)49(63)58(48(39)62)41-13-14-42(60)53-47(41)61/h1-3,5-12,29,31-33,36,41H,4,13-28,30H2,(H2,50,51,52)(H,53,60,61). The second-order valence-corrected chi connectivity index (χ2v) is 18.2. The largest absolute Gasteiger partial charge is 0.457 e. The van der Waals surface area contributed by atoms with Gasteiger partial charge in [-0.3, -0.25) is 29.4 Å². The minimum atomic E-state index is -0.945. The van der Waals surface area contributed by atoms with Crippen LogP contribution >= 0.6 is 0 Å². The molecule has 0 saturated carbocycles. The van der Waals surface area contributed by atoms with Crippen LogP contribution in [0.3, 0.4) is 0 Å². The Morgan fingerprint density at radius 3 is 2.09 bits per heavy atom. The number of carbonyl (C=O) groups is 4. The van der Waals surface area contributed by atoms with E-state index in [1.165, 1.54) is 19.2 Å². The van der Waals surface area contributed by atoms with Gasteiger partial charge in [0.25, 0.3) is 11.8 Å². The number of aromatic nitrogens is 4. The molecule has 3 N–H and O–H groups in total. The van der Waals surface area contributed by atoms with Crippen LogP contribution in [-0.2, 0) is 9.59 Å². The van der Waals surface area contributed by atoms with Crippen molar-refractivity contribution in [3.63, 3.8) is 0 Å². The van der Waals surface area contributed by atoms with E-state index in [1.807, 2.05) is 66.7 Å². The quantitative estimate of drug-likeness (QED) is 0.143. The molecule has 4 fully saturated rings. The number of piperidine rings is 4. The summed E-state index contributed by atoms with van der Waals surface area (Å²) in [5.74, 6) is 1.18. The molecule has 0 radical (unpaired) electrons. The molecule has 4 saturated heterocycles. The number of nitrogen functional groups attached to an aromatic ring is 1. The molecule has 3 aromatic carbocycles. The molecule has 1 atom stereocenters. The Morgan fingerprint density at radius 1 is 0.703 bits per heavy atom. The van der Waals surface area contributed by atoms with Crippen LogP contribution in [-0.4, -0.2) is 128 Å². The van der Waals surface area contributed by atoms with Crippen molar-refractivity contribution in [1.29, 1.82) is 0 Å². The molecular formula is C49H56N10O5. The molecule has 5 aliphatic heterocycles.